The minimum Gasteiger partial charge on any atom is -0.489 e. The molecule has 7 nitrogen and oxygen atoms in total. The van der Waals surface area contributed by atoms with Gasteiger partial charge in [-0.1, -0.05) is 36.8 Å². The highest BCUT2D eigenvalue weighted by Gasteiger charge is 2.24. The Morgan fingerprint density at radius 1 is 1.24 bits per heavy atom. The summed E-state index contributed by atoms with van der Waals surface area (Å²) < 4.78 is 5.97. The molecule has 0 saturated carbocycles. The molecule has 33 heavy (non-hydrogen) atoms. The van der Waals surface area contributed by atoms with Crippen LogP contribution in [-0.4, -0.2) is 34.8 Å². The second-order valence-electron chi connectivity index (χ2n) is 7.92. The number of aromatic nitrogens is 1. The van der Waals surface area contributed by atoms with Gasteiger partial charge < -0.3 is 20.3 Å². The summed E-state index contributed by atoms with van der Waals surface area (Å²) in [4.78, 5) is 29.0. The van der Waals surface area contributed by atoms with Crippen molar-refractivity contribution < 1.29 is 14.3 Å². The monoisotopic (exact) mass is 440 g/mol. The van der Waals surface area contributed by atoms with E-state index in [0.717, 1.165) is 39.0 Å². The Balaban J connectivity index is 0.000000243. The van der Waals surface area contributed by atoms with Crippen molar-refractivity contribution in [1.29, 1.82) is 0 Å². The van der Waals surface area contributed by atoms with Crippen LogP contribution in [0.1, 0.15) is 27.2 Å². The number of pyridine rings is 1. The summed E-state index contributed by atoms with van der Waals surface area (Å²) in [6.45, 7) is 6.57. The fourth-order valence-electron chi connectivity index (χ4n) is 3.80. The van der Waals surface area contributed by atoms with E-state index in [1.54, 1.807) is 4.90 Å². The molecule has 2 amide bonds. The second-order valence-corrected chi connectivity index (χ2v) is 7.92. The van der Waals surface area contributed by atoms with E-state index >= 15 is 0 Å². The molecule has 3 aromatic rings. The van der Waals surface area contributed by atoms with Crippen LogP contribution in [0.25, 0.3) is 10.9 Å². The fraction of sp³-hybridized carbons (Fsp3) is 0.192. The quantitative estimate of drug-likeness (QED) is 0.612. The number of terminal acetylenes is 1. The Morgan fingerprint density at radius 3 is 2.73 bits per heavy atom. The molecular formula is C26H24N4O3. The number of fused-ring (bicyclic) bond motifs is 2. The fourth-order valence-corrected chi connectivity index (χ4v) is 3.80. The van der Waals surface area contributed by atoms with Gasteiger partial charge in [0.2, 0.25) is 0 Å². The standard InChI is InChI=1S/C20H18N2O2.C6H6N2O/c1-13-9-15(17-5-3-4-6-19(17)21-13)12-24-16-8-7-14-11-22(2)20(23)18(14)10-16;1-3-5-6(9)8-4(2)7-5/h3-10H,11-12H2,1-2H3;1,5,7H,2H2,(H,8,9). The van der Waals surface area contributed by atoms with E-state index in [1.807, 2.05) is 50.4 Å². The highest BCUT2D eigenvalue weighted by Crippen LogP contribution is 2.27. The minimum atomic E-state index is -0.530. The molecule has 5 rings (SSSR count). The average molecular weight is 441 g/mol. The maximum atomic E-state index is 12.1. The number of hydrogen-bond donors (Lipinski definition) is 2. The lowest BCUT2D eigenvalue weighted by atomic mass is 10.1. The smallest absolute Gasteiger partial charge is 0.260 e. The van der Waals surface area contributed by atoms with Gasteiger partial charge in [-0.3, -0.25) is 14.6 Å². The van der Waals surface area contributed by atoms with E-state index in [9.17, 15) is 9.59 Å². The Labute approximate surface area is 192 Å². The summed E-state index contributed by atoms with van der Waals surface area (Å²) in [5.41, 5.74) is 4.84. The number of para-hydroxylation sites is 1. The SMILES string of the molecule is C#CC1NC(=C)NC1=O.Cc1cc(COc2ccc3c(c2)C(=O)N(C)C3)c2ccccc2n1. The first-order valence-corrected chi connectivity index (χ1v) is 10.4. The lowest BCUT2D eigenvalue weighted by Crippen LogP contribution is -2.25. The number of nitrogens with one attached hydrogen (secondary N) is 2. The molecule has 1 fully saturated rings. The summed E-state index contributed by atoms with van der Waals surface area (Å²) in [6.07, 6.45) is 4.97. The Hall–Kier alpha value is -4.31. The normalized spacial score (nSPS) is 16.5. The van der Waals surface area contributed by atoms with Crippen molar-refractivity contribution in [3.8, 4) is 18.1 Å². The molecule has 1 atom stereocenters. The van der Waals surface area contributed by atoms with Gasteiger partial charge >= 0.3 is 0 Å². The second kappa shape index (κ2) is 9.05. The maximum absolute atomic E-state index is 12.1. The minimum absolute atomic E-state index is 0.0562. The predicted molar refractivity (Wildman–Crippen MR) is 126 cm³/mol. The van der Waals surface area contributed by atoms with Crippen LogP contribution in [0.5, 0.6) is 5.75 Å². The molecule has 0 spiro atoms. The van der Waals surface area contributed by atoms with Gasteiger partial charge in [0, 0.05) is 35.8 Å². The molecule has 1 unspecified atom stereocenters. The molecule has 1 aromatic heterocycles. The summed E-state index contributed by atoms with van der Waals surface area (Å²) in [7, 11) is 1.81. The van der Waals surface area contributed by atoms with E-state index in [0.29, 0.717) is 19.0 Å². The first-order valence-electron chi connectivity index (χ1n) is 10.4. The Kier molecular flexibility index (Phi) is 6.01. The average Bonchev–Trinajstić information content (AvgIpc) is 3.28. The number of hydrogen-bond acceptors (Lipinski definition) is 5. The van der Waals surface area contributed by atoms with E-state index in [-0.39, 0.29) is 11.8 Å². The first-order chi connectivity index (χ1) is 15.9. The molecular weight excluding hydrogens is 416 g/mol. The van der Waals surface area contributed by atoms with Gasteiger partial charge in [-0.2, -0.15) is 0 Å². The third-order valence-electron chi connectivity index (χ3n) is 5.41. The highest BCUT2D eigenvalue weighted by atomic mass is 16.5. The lowest BCUT2D eigenvalue weighted by Gasteiger charge is -2.10. The Bertz CT molecular complexity index is 1310. The van der Waals surface area contributed by atoms with Gasteiger partial charge in [-0.25, -0.2) is 0 Å². The van der Waals surface area contributed by atoms with Crippen LogP contribution in [0, 0.1) is 19.3 Å². The lowest BCUT2D eigenvalue weighted by molar-refractivity contribution is -0.119. The maximum Gasteiger partial charge on any atom is 0.260 e. The van der Waals surface area contributed by atoms with Gasteiger partial charge in [-0.15, -0.1) is 6.42 Å². The van der Waals surface area contributed by atoms with Crippen molar-refractivity contribution in [2.75, 3.05) is 7.05 Å². The zero-order chi connectivity index (χ0) is 23.5. The summed E-state index contributed by atoms with van der Waals surface area (Å²) in [5, 5.41) is 6.19. The van der Waals surface area contributed by atoms with Crippen LogP contribution in [0.2, 0.25) is 0 Å². The van der Waals surface area contributed by atoms with Gasteiger partial charge in [0.25, 0.3) is 11.8 Å². The van der Waals surface area contributed by atoms with Gasteiger partial charge in [0.1, 0.15) is 12.4 Å². The van der Waals surface area contributed by atoms with E-state index in [1.165, 1.54) is 0 Å². The van der Waals surface area contributed by atoms with E-state index in [4.69, 9.17) is 11.2 Å². The Morgan fingerprint density at radius 2 is 2.03 bits per heavy atom. The summed E-state index contributed by atoms with van der Waals surface area (Å²) in [6, 6.07) is 15.3. The van der Waals surface area contributed by atoms with Crippen LogP contribution in [0.3, 0.4) is 0 Å². The van der Waals surface area contributed by atoms with Crippen molar-refractivity contribution in [2.24, 2.45) is 0 Å². The molecule has 3 heterocycles. The van der Waals surface area contributed by atoms with Crippen molar-refractivity contribution in [3.05, 3.63) is 83.3 Å². The number of aryl methyl sites for hydroxylation is 1. The highest BCUT2D eigenvalue weighted by molar-refractivity contribution is 5.98. The molecule has 1 saturated heterocycles. The number of carbonyl (C=O) groups is 2. The summed E-state index contributed by atoms with van der Waals surface area (Å²) >= 11 is 0. The van der Waals surface area contributed by atoms with Gasteiger partial charge in [0.15, 0.2) is 6.04 Å². The van der Waals surface area contributed by atoms with Crippen LogP contribution in [-0.2, 0) is 17.9 Å². The predicted octanol–water partition coefficient (Wildman–Crippen LogP) is 2.89. The van der Waals surface area contributed by atoms with Crippen LogP contribution >= 0.6 is 0 Å². The number of rotatable bonds is 3. The first kappa shape index (κ1) is 21.9. The zero-order valence-electron chi connectivity index (χ0n) is 18.5. The number of amides is 2. The third kappa shape index (κ3) is 4.65. The van der Waals surface area contributed by atoms with Crippen molar-refractivity contribution in [1.82, 2.24) is 20.5 Å². The molecule has 0 bridgehead atoms. The number of benzene rings is 2. The molecule has 0 aliphatic carbocycles. The topological polar surface area (TPSA) is 83.6 Å². The molecule has 0 radical (unpaired) electrons. The molecule has 166 valence electrons. The molecule has 2 aliphatic rings. The number of ether oxygens (including phenoxy) is 1. The zero-order valence-corrected chi connectivity index (χ0v) is 18.5. The van der Waals surface area contributed by atoms with E-state index < -0.39 is 6.04 Å². The van der Waals surface area contributed by atoms with Crippen LogP contribution in [0.15, 0.2) is 60.9 Å². The van der Waals surface area contributed by atoms with Crippen LogP contribution in [0.4, 0.5) is 0 Å². The summed E-state index contributed by atoms with van der Waals surface area (Å²) in [5.74, 6) is 3.30. The van der Waals surface area contributed by atoms with Crippen LogP contribution < -0.4 is 15.4 Å². The van der Waals surface area contributed by atoms with Crippen molar-refractivity contribution >= 4 is 22.7 Å². The van der Waals surface area contributed by atoms with E-state index in [2.05, 4.69) is 40.2 Å². The molecule has 2 N–H and O–H groups in total. The molecule has 2 aromatic carbocycles. The van der Waals surface area contributed by atoms with Crippen molar-refractivity contribution in [2.45, 2.75) is 26.1 Å². The van der Waals surface area contributed by atoms with Gasteiger partial charge in [0.05, 0.1) is 11.3 Å². The third-order valence-corrected chi connectivity index (χ3v) is 5.41. The molecule has 7 heteroatoms. The van der Waals surface area contributed by atoms with Crippen molar-refractivity contribution in [3.63, 3.8) is 0 Å². The molecule has 2 aliphatic heterocycles. The number of carbonyl (C=O) groups excluding carboxylic acids is 2. The van der Waals surface area contributed by atoms with Gasteiger partial charge in [-0.05, 0) is 36.8 Å². The number of nitrogens with zero attached hydrogens (tertiary/aromatic N) is 2. The largest absolute Gasteiger partial charge is 0.489 e.